The van der Waals surface area contributed by atoms with E-state index in [1.807, 2.05) is 37.3 Å². The second-order valence-corrected chi connectivity index (χ2v) is 6.58. The summed E-state index contributed by atoms with van der Waals surface area (Å²) in [6.07, 6.45) is 2.85. The summed E-state index contributed by atoms with van der Waals surface area (Å²) in [5.74, 6) is 0.780. The van der Waals surface area contributed by atoms with Crippen LogP contribution in [0.1, 0.15) is 18.1 Å². The maximum absolute atomic E-state index is 12.4. The molecule has 0 unspecified atom stereocenters. The standard InChI is InChI=1S/C23H25NO6/c1-3-24(15-17-7-5-4-6-8-17)21(25)16-30-22(26)10-9-18-13-19(27-2)23-20(14-18)28-11-12-29-23/h4-10,13-14H,3,11-12,15-16H2,1-2H3/b10-9+. The highest BCUT2D eigenvalue weighted by Gasteiger charge is 2.18. The number of nitrogens with zero attached hydrogens (tertiary/aromatic N) is 1. The molecule has 158 valence electrons. The van der Waals surface area contributed by atoms with E-state index < -0.39 is 5.97 Å². The summed E-state index contributed by atoms with van der Waals surface area (Å²) in [6, 6.07) is 13.2. The van der Waals surface area contributed by atoms with Crippen LogP contribution in [0.3, 0.4) is 0 Å². The van der Waals surface area contributed by atoms with E-state index in [9.17, 15) is 9.59 Å². The van der Waals surface area contributed by atoms with Crippen LogP contribution in [0.2, 0.25) is 0 Å². The fourth-order valence-electron chi connectivity index (χ4n) is 3.01. The minimum absolute atomic E-state index is 0.246. The maximum atomic E-state index is 12.4. The van der Waals surface area contributed by atoms with Gasteiger partial charge in [0.2, 0.25) is 5.75 Å². The van der Waals surface area contributed by atoms with Crippen LogP contribution in [-0.4, -0.2) is 50.3 Å². The molecule has 0 aromatic heterocycles. The normalized spacial score (nSPS) is 12.5. The third kappa shape index (κ3) is 5.53. The SMILES string of the molecule is CCN(Cc1ccccc1)C(=O)COC(=O)/C=C/c1cc(OC)c2c(c1)OCCO2. The number of amides is 1. The van der Waals surface area contributed by atoms with E-state index in [-0.39, 0.29) is 12.5 Å². The summed E-state index contributed by atoms with van der Waals surface area (Å²) in [6.45, 7) is 3.48. The molecule has 0 saturated heterocycles. The Morgan fingerprint density at radius 2 is 1.90 bits per heavy atom. The topological polar surface area (TPSA) is 74.3 Å². The summed E-state index contributed by atoms with van der Waals surface area (Å²) >= 11 is 0. The molecule has 2 aromatic rings. The van der Waals surface area contributed by atoms with Gasteiger partial charge in [-0.1, -0.05) is 30.3 Å². The Kier molecular flexibility index (Phi) is 7.32. The Bertz CT molecular complexity index is 892. The van der Waals surface area contributed by atoms with Crippen molar-refractivity contribution in [3.05, 3.63) is 59.7 Å². The Morgan fingerprint density at radius 1 is 1.13 bits per heavy atom. The number of esters is 1. The van der Waals surface area contributed by atoms with Gasteiger partial charge in [-0.2, -0.15) is 0 Å². The van der Waals surface area contributed by atoms with Crippen LogP contribution in [0.15, 0.2) is 48.5 Å². The van der Waals surface area contributed by atoms with Crippen LogP contribution in [-0.2, 0) is 20.9 Å². The van der Waals surface area contributed by atoms with Gasteiger partial charge in [0, 0.05) is 19.2 Å². The van der Waals surface area contributed by atoms with Crippen LogP contribution in [0.25, 0.3) is 6.08 Å². The lowest BCUT2D eigenvalue weighted by Crippen LogP contribution is -2.33. The zero-order valence-corrected chi connectivity index (χ0v) is 17.1. The highest BCUT2D eigenvalue weighted by Crippen LogP contribution is 2.40. The van der Waals surface area contributed by atoms with Gasteiger partial charge < -0.3 is 23.8 Å². The van der Waals surface area contributed by atoms with Crippen LogP contribution >= 0.6 is 0 Å². The second kappa shape index (κ2) is 10.3. The number of likely N-dealkylation sites (N-methyl/N-ethyl adjacent to an activating group) is 1. The molecule has 0 radical (unpaired) electrons. The van der Waals surface area contributed by atoms with E-state index in [0.29, 0.717) is 49.1 Å². The predicted octanol–water partition coefficient (Wildman–Crippen LogP) is 3.07. The molecular weight excluding hydrogens is 386 g/mol. The van der Waals surface area contributed by atoms with Crippen LogP contribution in [0.5, 0.6) is 17.2 Å². The molecule has 0 fully saturated rings. The average molecular weight is 411 g/mol. The molecule has 1 amide bonds. The molecule has 7 nitrogen and oxygen atoms in total. The quantitative estimate of drug-likeness (QED) is 0.491. The van der Waals surface area contributed by atoms with Gasteiger partial charge in [0.1, 0.15) is 13.2 Å². The Hall–Kier alpha value is -3.48. The molecular formula is C23H25NO6. The Labute approximate surface area is 175 Å². The lowest BCUT2D eigenvalue weighted by molar-refractivity contribution is -0.148. The molecule has 1 aliphatic heterocycles. The number of carbonyl (C=O) groups is 2. The molecule has 0 aliphatic carbocycles. The van der Waals surface area contributed by atoms with Crippen molar-refractivity contribution in [3.63, 3.8) is 0 Å². The van der Waals surface area contributed by atoms with Gasteiger partial charge in [-0.15, -0.1) is 0 Å². The van der Waals surface area contributed by atoms with Crippen molar-refractivity contribution in [2.45, 2.75) is 13.5 Å². The van der Waals surface area contributed by atoms with E-state index in [0.717, 1.165) is 5.56 Å². The number of benzene rings is 2. The molecule has 0 spiro atoms. The van der Waals surface area contributed by atoms with Gasteiger partial charge in [-0.25, -0.2) is 4.79 Å². The summed E-state index contributed by atoms with van der Waals surface area (Å²) < 4.78 is 21.6. The van der Waals surface area contributed by atoms with E-state index >= 15 is 0 Å². The predicted molar refractivity (Wildman–Crippen MR) is 112 cm³/mol. The monoisotopic (exact) mass is 411 g/mol. The van der Waals surface area contributed by atoms with E-state index in [1.54, 1.807) is 23.1 Å². The number of methoxy groups -OCH3 is 1. The summed E-state index contributed by atoms with van der Waals surface area (Å²) in [5.41, 5.74) is 1.71. The lowest BCUT2D eigenvalue weighted by atomic mass is 10.1. The van der Waals surface area contributed by atoms with Crippen molar-refractivity contribution >= 4 is 18.0 Å². The Balaban J connectivity index is 1.56. The number of rotatable bonds is 8. The van der Waals surface area contributed by atoms with Gasteiger partial charge in [0.15, 0.2) is 18.1 Å². The minimum Gasteiger partial charge on any atom is -0.493 e. The number of hydrogen-bond donors (Lipinski definition) is 0. The zero-order valence-electron chi connectivity index (χ0n) is 17.1. The largest absolute Gasteiger partial charge is 0.493 e. The van der Waals surface area contributed by atoms with Gasteiger partial charge in [0.25, 0.3) is 5.91 Å². The second-order valence-electron chi connectivity index (χ2n) is 6.58. The van der Waals surface area contributed by atoms with Crippen LogP contribution < -0.4 is 14.2 Å². The molecule has 1 heterocycles. The van der Waals surface area contributed by atoms with Crippen molar-refractivity contribution < 1.29 is 28.5 Å². The number of carbonyl (C=O) groups excluding carboxylic acids is 2. The molecule has 0 bridgehead atoms. The van der Waals surface area contributed by atoms with Gasteiger partial charge in [-0.05, 0) is 36.3 Å². The molecule has 30 heavy (non-hydrogen) atoms. The summed E-state index contributed by atoms with van der Waals surface area (Å²) in [7, 11) is 1.54. The Morgan fingerprint density at radius 3 is 2.63 bits per heavy atom. The molecule has 0 atom stereocenters. The fraction of sp³-hybridized carbons (Fsp3) is 0.304. The molecule has 0 N–H and O–H groups in total. The minimum atomic E-state index is -0.604. The lowest BCUT2D eigenvalue weighted by Gasteiger charge is -2.21. The first kappa shape index (κ1) is 21.2. The summed E-state index contributed by atoms with van der Waals surface area (Å²) in [4.78, 5) is 26.1. The van der Waals surface area contributed by atoms with Crippen molar-refractivity contribution in [3.8, 4) is 17.2 Å². The molecule has 7 heteroatoms. The smallest absolute Gasteiger partial charge is 0.331 e. The van der Waals surface area contributed by atoms with Crippen molar-refractivity contribution in [1.29, 1.82) is 0 Å². The third-order valence-corrected chi connectivity index (χ3v) is 4.55. The van der Waals surface area contributed by atoms with E-state index in [1.165, 1.54) is 13.2 Å². The first-order chi connectivity index (χ1) is 14.6. The van der Waals surface area contributed by atoms with Crippen molar-refractivity contribution in [1.82, 2.24) is 4.90 Å². The van der Waals surface area contributed by atoms with Gasteiger partial charge in [0.05, 0.1) is 7.11 Å². The van der Waals surface area contributed by atoms with Gasteiger partial charge >= 0.3 is 5.97 Å². The fourth-order valence-corrected chi connectivity index (χ4v) is 3.01. The van der Waals surface area contributed by atoms with Crippen molar-refractivity contribution in [2.75, 3.05) is 33.5 Å². The van der Waals surface area contributed by atoms with Crippen molar-refractivity contribution in [2.24, 2.45) is 0 Å². The van der Waals surface area contributed by atoms with Crippen LogP contribution in [0, 0.1) is 0 Å². The highest BCUT2D eigenvalue weighted by atomic mass is 16.6. The van der Waals surface area contributed by atoms with Gasteiger partial charge in [-0.3, -0.25) is 4.79 Å². The molecule has 2 aromatic carbocycles. The first-order valence-corrected chi connectivity index (χ1v) is 9.75. The molecule has 0 saturated carbocycles. The van der Waals surface area contributed by atoms with E-state index in [2.05, 4.69) is 0 Å². The number of ether oxygens (including phenoxy) is 4. The highest BCUT2D eigenvalue weighted by molar-refractivity contribution is 5.89. The zero-order chi connectivity index (χ0) is 21.3. The average Bonchev–Trinajstić information content (AvgIpc) is 2.79. The number of fused-ring (bicyclic) bond motifs is 1. The first-order valence-electron chi connectivity index (χ1n) is 9.75. The summed E-state index contributed by atoms with van der Waals surface area (Å²) in [5, 5.41) is 0. The van der Waals surface area contributed by atoms with E-state index in [4.69, 9.17) is 18.9 Å². The third-order valence-electron chi connectivity index (χ3n) is 4.55. The molecule has 3 rings (SSSR count). The number of hydrogen-bond acceptors (Lipinski definition) is 6. The molecule has 1 aliphatic rings. The maximum Gasteiger partial charge on any atom is 0.331 e. The van der Waals surface area contributed by atoms with Crippen LogP contribution in [0.4, 0.5) is 0 Å².